The van der Waals surface area contributed by atoms with Crippen LogP contribution in [-0.2, 0) is 16.0 Å². The molecule has 6 nitrogen and oxygen atoms in total. The van der Waals surface area contributed by atoms with Gasteiger partial charge < -0.3 is 20.1 Å². The average molecular weight is 493 g/mol. The van der Waals surface area contributed by atoms with Gasteiger partial charge in [0.05, 0.1) is 7.11 Å². The number of phenolic OH excluding ortho intramolecular Hbond substituents is 1. The predicted octanol–water partition coefficient (Wildman–Crippen LogP) is 5.75. The summed E-state index contributed by atoms with van der Waals surface area (Å²) in [6.45, 7) is 11.8. The molecule has 0 aromatic heterocycles. The number of benzene rings is 2. The van der Waals surface area contributed by atoms with Crippen molar-refractivity contribution in [1.29, 1.82) is 0 Å². The molecule has 2 rings (SSSR count). The highest BCUT2D eigenvalue weighted by Gasteiger charge is 2.35. The second kappa shape index (κ2) is 14.6. The molecular formula is C30H40N2O4. The average Bonchev–Trinajstić information content (AvgIpc) is 2.90. The fourth-order valence-corrected chi connectivity index (χ4v) is 4.14. The highest BCUT2D eigenvalue weighted by Crippen LogP contribution is 2.29. The quantitative estimate of drug-likeness (QED) is 0.329. The Balaban J connectivity index is 0.00000684. The van der Waals surface area contributed by atoms with Gasteiger partial charge in [0, 0.05) is 20.4 Å². The van der Waals surface area contributed by atoms with Crippen LogP contribution in [0.5, 0.6) is 11.5 Å². The van der Waals surface area contributed by atoms with Crippen molar-refractivity contribution in [3.8, 4) is 11.5 Å². The van der Waals surface area contributed by atoms with E-state index in [1.807, 2.05) is 26.0 Å². The van der Waals surface area contributed by atoms with Crippen molar-refractivity contribution in [3.63, 3.8) is 0 Å². The molecule has 1 atom stereocenters. The lowest BCUT2D eigenvalue weighted by Gasteiger charge is -2.37. The van der Waals surface area contributed by atoms with Crippen LogP contribution in [0.15, 0.2) is 85.5 Å². The highest BCUT2D eigenvalue weighted by atomic mass is 16.5. The summed E-state index contributed by atoms with van der Waals surface area (Å²) in [4.78, 5) is 29.1. The van der Waals surface area contributed by atoms with E-state index in [2.05, 4.69) is 18.5 Å². The molecule has 2 aromatic rings. The van der Waals surface area contributed by atoms with Crippen LogP contribution in [-0.4, -0.2) is 41.5 Å². The second-order valence-electron chi connectivity index (χ2n) is 8.51. The van der Waals surface area contributed by atoms with E-state index in [0.29, 0.717) is 17.7 Å². The van der Waals surface area contributed by atoms with Gasteiger partial charge in [-0.25, -0.2) is 0 Å². The molecule has 0 aliphatic heterocycles. The van der Waals surface area contributed by atoms with E-state index in [1.165, 1.54) is 0 Å². The predicted molar refractivity (Wildman–Crippen MR) is 147 cm³/mol. The zero-order valence-electron chi connectivity index (χ0n) is 21.6. The molecule has 0 fully saturated rings. The largest absolute Gasteiger partial charge is 0.508 e. The molecule has 2 N–H and O–H groups in total. The number of amides is 2. The zero-order chi connectivity index (χ0) is 26.5. The lowest BCUT2D eigenvalue weighted by Crippen LogP contribution is -2.48. The molecule has 2 aromatic carbocycles. The molecule has 194 valence electrons. The van der Waals surface area contributed by atoms with E-state index in [-0.39, 0.29) is 38.0 Å². The third kappa shape index (κ3) is 7.87. The number of hydrogen-bond acceptors (Lipinski definition) is 4. The maximum atomic E-state index is 13.7. The molecule has 0 aliphatic rings. The molecular weight excluding hydrogens is 452 g/mol. The highest BCUT2D eigenvalue weighted by molar-refractivity contribution is 5.89. The number of methoxy groups -OCH3 is 1. The van der Waals surface area contributed by atoms with Crippen LogP contribution in [0.2, 0.25) is 0 Å². The van der Waals surface area contributed by atoms with E-state index in [9.17, 15) is 14.7 Å². The standard InChI is InChI=1S/C30H38N2O4.H2/c1-6-10-22(7-2)21-31-30(35)29(24-14-18-27(36-5)19-15-24)32(25(8-3)9-4)28(34)20-13-23-11-16-26(33)17-12-23;/h6-7,10-12,14-19,25,29,33H,1-2,8-9,13,20-21H2,3-5H3,(H,31,35);1H/b22-10+;. The third-order valence-electron chi connectivity index (χ3n) is 6.21. The number of aryl methyl sites for hydroxylation is 1. The van der Waals surface area contributed by atoms with Crippen molar-refractivity contribution in [2.45, 2.75) is 51.6 Å². The molecule has 0 spiro atoms. The van der Waals surface area contributed by atoms with Crippen molar-refractivity contribution in [2.75, 3.05) is 13.7 Å². The first-order valence-electron chi connectivity index (χ1n) is 12.3. The van der Waals surface area contributed by atoms with Crippen LogP contribution in [0, 0.1) is 0 Å². The summed E-state index contributed by atoms with van der Waals surface area (Å²) in [5.41, 5.74) is 2.48. The molecule has 0 heterocycles. The number of nitrogens with zero attached hydrogens (tertiary/aromatic N) is 1. The third-order valence-corrected chi connectivity index (χ3v) is 6.21. The Kier molecular flexibility index (Phi) is 11.5. The maximum Gasteiger partial charge on any atom is 0.247 e. The minimum absolute atomic E-state index is 0. The Morgan fingerprint density at radius 2 is 1.72 bits per heavy atom. The van der Waals surface area contributed by atoms with Gasteiger partial charge in [0.2, 0.25) is 11.8 Å². The Labute approximate surface area is 216 Å². The van der Waals surface area contributed by atoms with Crippen molar-refractivity contribution >= 4 is 11.8 Å². The first-order chi connectivity index (χ1) is 17.4. The van der Waals surface area contributed by atoms with Crippen LogP contribution in [0.3, 0.4) is 0 Å². The van der Waals surface area contributed by atoms with Gasteiger partial charge >= 0.3 is 0 Å². The van der Waals surface area contributed by atoms with Crippen molar-refractivity contribution in [1.82, 2.24) is 10.2 Å². The van der Waals surface area contributed by atoms with Crippen LogP contribution < -0.4 is 10.1 Å². The Hall–Kier alpha value is -3.80. The topological polar surface area (TPSA) is 78.9 Å². The molecule has 2 amide bonds. The fraction of sp³-hybridized carbons (Fsp3) is 0.333. The van der Waals surface area contributed by atoms with Crippen LogP contribution in [0.4, 0.5) is 0 Å². The summed E-state index contributed by atoms with van der Waals surface area (Å²) >= 11 is 0. The van der Waals surface area contributed by atoms with E-state index in [1.54, 1.807) is 66.6 Å². The number of carbonyl (C=O) groups is 2. The first kappa shape index (κ1) is 28.4. The second-order valence-corrected chi connectivity index (χ2v) is 8.51. The normalized spacial score (nSPS) is 12.1. The summed E-state index contributed by atoms with van der Waals surface area (Å²) in [7, 11) is 1.59. The Morgan fingerprint density at radius 1 is 1.08 bits per heavy atom. The summed E-state index contributed by atoms with van der Waals surface area (Å²) < 4.78 is 5.30. The Bertz CT molecular complexity index is 1040. The maximum absolute atomic E-state index is 13.7. The number of aromatic hydroxyl groups is 1. The van der Waals surface area contributed by atoms with Crippen LogP contribution in [0.1, 0.15) is 51.7 Å². The van der Waals surface area contributed by atoms with E-state index in [0.717, 1.165) is 24.0 Å². The van der Waals surface area contributed by atoms with Gasteiger partial charge in [-0.1, -0.05) is 69.5 Å². The van der Waals surface area contributed by atoms with Gasteiger partial charge in [0.1, 0.15) is 17.5 Å². The number of nitrogens with one attached hydrogen (secondary N) is 1. The van der Waals surface area contributed by atoms with Gasteiger partial charge in [-0.2, -0.15) is 0 Å². The van der Waals surface area contributed by atoms with Gasteiger partial charge in [-0.3, -0.25) is 9.59 Å². The van der Waals surface area contributed by atoms with Crippen LogP contribution >= 0.6 is 0 Å². The molecule has 0 radical (unpaired) electrons. The lowest BCUT2D eigenvalue weighted by molar-refractivity contribution is -0.143. The SMILES string of the molecule is C=C/C=C(\C=C)CNC(=O)C(c1ccc(OC)cc1)N(C(=O)CCc1ccc(O)cc1)C(CC)CC.[HH]. The Morgan fingerprint density at radius 3 is 2.25 bits per heavy atom. The molecule has 0 saturated carbocycles. The molecule has 6 heteroatoms. The van der Waals surface area contributed by atoms with Gasteiger partial charge in [-0.15, -0.1) is 0 Å². The minimum Gasteiger partial charge on any atom is -0.508 e. The summed E-state index contributed by atoms with van der Waals surface area (Å²) in [5.74, 6) is 0.498. The first-order valence-corrected chi connectivity index (χ1v) is 12.3. The van der Waals surface area contributed by atoms with Gasteiger partial charge in [0.15, 0.2) is 0 Å². The molecule has 0 saturated heterocycles. The van der Waals surface area contributed by atoms with E-state index < -0.39 is 6.04 Å². The van der Waals surface area contributed by atoms with Crippen molar-refractivity contribution in [2.24, 2.45) is 0 Å². The monoisotopic (exact) mass is 492 g/mol. The number of ether oxygens (including phenoxy) is 1. The number of rotatable bonds is 14. The smallest absolute Gasteiger partial charge is 0.247 e. The zero-order valence-corrected chi connectivity index (χ0v) is 21.6. The fourth-order valence-electron chi connectivity index (χ4n) is 4.14. The minimum atomic E-state index is -0.803. The van der Waals surface area contributed by atoms with Crippen LogP contribution in [0.25, 0.3) is 0 Å². The number of phenols is 1. The molecule has 0 aliphatic carbocycles. The number of carbonyl (C=O) groups excluding carboxylic acids is 2. The number of allylic oxidation sites excluding steroid dienone is 2. The molecule has 36 heavy (non-hydrogen) atoms. The molecule has 0 bridgehead atoms. The number of hydrogen-bond donors (Lipinski definition) is 2. The van der Waals surface area contributed by atoms with E-state index in [4.69, 9.17) is 4.74 Å². The summed E-state index contributed by atoms with van der Waals surface area (Å²) in [6, 6.07) is 13.2. The van der Waals surface area contributed by atoms with Crippen molar-refractivity contribution < 1.29 is 20.9 Å². The summed E-state index contributed by atoms with van der Waals surface area (Å²) in [6.07, 6.45) is 7.30. The summed E-state index contributed by atoms with van der Waals surface area (Å²) in [5, 5.41) is 12.5. The van der Waals surface area contributed by atoms with Gasteiger partial charge in [-0.05, 0) is 60.2 Å². The van der Waals surface area contributed by atoms with Gasteiger partial charge in [0.25, 0.3) is 0 Å². The van der Waals surface area contributed by atoms with Crippen molar-refractivity contribution in [3.05, 3.63) is 96.6 Å². The van der Waals surface area contributed by atoms with E-state index >= 15 is 0 Å². The molecule has 1 unspecified atom stereocenters. The lowest BCUT2D eigenvalue weighted by atomic mass is 9.98.